The molecule has 1 fully saturated rings. The van der Waals surface area contributed by atoms with Gasteiger partial charge in [-0.05, 0) is 39.3 Å². The van der Waals surface area contributed by atoms with Crippen molar-refractivity contribution in [3.8, 4) is 0 Å². The Morgan fingerprint density at radius 3 is 2.77 bits per heavy atom. The standard InChI is InChI=1S/C11H17NO/c1-8-7-9(11(2,3)12-8)10-5-4-6-13-10/h4-6,8-9,12H,7H2,1-3H3. The van der Waals surface area contributed by atoms with Crippen LogP contribution in [0.1, 0.15) is 38.9 Å². The SMILES string of the molecule is CC1CC(c2ccco2)C(C)(C)N1. The number of hydrogen-bond acceptors (Lipinski definition) is 2. The van der Waals surface area contributed by atoms with Crippen LogP contribution < -0.4 is 5.32 Å². The van der Waals surface area contributed by atoms with Crippen molar-refractivity contribution < 1.29 is 4.42 Å². The molecule has 1 aromatic heterocycles. The van der Waals surface area contributed by atoms with E-state index in [-0.39, 0.29) is 5.54 Å². The van der Waals surface area contributed by atoms with Crippen molar-refractivity contribution in [1.29, 1.82) is 0 Å². The van der Waals surface area contributed by atoms with Gasteiger partial charge in [0.1, 0.15) is 5.76 Å². The summed E-state index contributed by atoms with van der Waals surface area (Å²) in [5, 5.41) is 3.57. The molecule has 2 nitrogen and oxygen atoms in total. The van der Waals surface area contributed by atoms with Crippen LogP contribution in [-0.2, 0) is 0 Å². The van der Waals surface area contributed by atoms with Crippen LogP contribution in [-0.4, -0.2) is 11.6 Å². The van der Waals surface area contributed by atoms with Crippen molar-refractivity contribution in [3.05, 3.63) is 24.2 Å². The van der Waals surface area contributed by atoms with Crippen molar-refractivity contribution in [1.82, 2.24) is 5.32 Å². The lowest BCUT2D eigenvalue weighted by molar-refractivity contribution is 0.353. The van der Waals surface area contributed by atoms with Gasteiger partial charge in [0.05, 0.1) is 6.26 Å². The van der Waals surface area contributed by atoms with Crippen LogP contribution in [0.15, 0.2) is 22.8 Å². The minimum Gasteiger partial charge on any atom is -0.469 e. The van der Waals surface area contributed by atoms with Gasteiger partial charge in [0.15, 0.2) is 0 Å². The van der Waals surface area contributed by atoms with E-state index in [1.165, 1.54) is 6.42 Å². The summed E-state index contributed by atoms with van der Waals surface area (Å²) in [6.45, 7) is 6.71. The van der Waals surface area contributed by atoms with Gasteiger partial charge in [-0.25, -0.2) is 0 Å². The van der Waals surface area contributed by atoms with Crippen molar-refractivity contribution >= 4 is 0 Å². The molecule has 72 valence electrons. The van der Waals surface area contributed by atoms with Crippen LogP contribution in [0.25, 0.3) is 0 Å². The zero-order valence-corrected chi connectivity index (χ0v) is 8.50. The lowest BCUT2D eigenvalue weighted by Crippen LogP contribution is -2.39. The Bertz CT molecular complexity index is 276. The van der Waals surface area contributed by atoms with E-state index in [0.717, 1.165) is 5.76 Å². The van der Waals surface area contributed by atoms with Crippen LogP contribution in [0.5, 0.6) is 0 Å². The summed E-state index contributed by atoms with van der Waals surface area (Å²) in [6.07, 6.45) is 2.93. The Morgan fingerprint density at radius 2 is 2.31 bits per heavy atom. The van der Waals surface area contributed by atoms with Crippen molar-refractivity contribution in [2.45, 2.75) is 44.7 Å². The largest absolute Gasteiger partial charge is 0.469 e. The Balaban J connectivity index is 2.25. The van der Waals surface area contributed by atoms with Gasteiger partial charge < -0.3 is 9.73 Å². The maximum Gasteiger partial charge on any atom is 0.108 e. The lowest BCUT2D eigenvalue weighted by atomic mass is 9.87. The maximum absolute atomic E-state index is 5.46. The third-order valence-electron chi connectivity index (χ3n) is 2.97. The molecule has 1 N–H and O–H groups in total. The summed E-state index contributed by atoms with van der Waals surface area (Å²) in [5.41, 5.74) is 0.164. The zero-order valence-electron chi connectivity index (χ0n) is 8.50. The minimum atomic E-state index is 0.164. The molecule has 0 bridgehead atoms. The molecule has 0 amide bonds. The van der Waals surface area contributed by atoms with Gasteiger partial charge in [-0.1, -0.05) is 0 Å². The second-order valence-electron chi connectivity index (χ2n) is 4.57. The first-order valence-electron chi connectivity index (χ1n) is 4.91. The monoisotopic (exact) mass is 179 g/mol. The first kappa shape index (κ1) is 8.82. The summed E-state index contributed by atoms with van der Waals surface area (Å²) >= 11 is 0. The van der Waals surface area contributed by atoms with Gasteiger partial charge in [0.2, 0.25) is 0 Å². The highest BCUT2D eigenvalue weighted by molar-refractivity contribution is 5.16. The van der Waals surface area contributed by atoms with Crippen LogP contribution in [0.4, 0.5) is 0 Å². The van der Waals surface area contributed by atoms with E-state index in [9.17, 15) is 0 Å². The molecule has 0 spiro atoms. The highest BCUT2D eigenvalue weighted by atomic mass is 16.3. The fourth-order valence-electron chi connectivity index (χ4n) is 2.40. The predicted molar refractivity (Wildman–Crippen MR) is 52.7 cm³/mol. The first-order chi connectivity index (χ1) is 6.09. The second-order valence-corrected chi connectivity index (χ2v) is 4.57. The predicted octanol–water partition coefficient (Wildman–Crippen LogP) is 2.52. The molecule has 2 atom stereocenters. The van der Waals surface area contributed by atoms with Crippen LogP contribution in [0.2, 0.25) is 0 Å². The van der Waals surface area contributed by atoms with Crippen molar-refractivity contribution in [2.24, 2.45) is 0 Å². The molecule has 0 aliphatic carbocycles. The van der Waals surface area contributed by atoms with Crippen molar-refractivity contribution in [3.63, 3.8) is 0 Å². The molecule has 2 rings (SSSR count). The number of hydrogen-bond donors (Lipinski definition) is 1. The third-order valence-corrected chi connectivity index (χ3v) is 2.97. The van der Waals surface area contributed by atoms with Crippen LogP contribution in [0.3, 0.4) is 0 Å². The number of nitrogens with one attached hydrogen (secondary N) is 1. The average Bonchev–Trinajstić information content (AvgIpc) is 2.56. The number of furan rings is 1. The van der Waals surface area contributed by atoms with Gasteiger partial charge in [-0.2, -0.15) is 0 Å². The zero-order chi connectivity index (χ0) is 9.47. The molecule has 13 heavy (non-hydrogen) atoms. The fraction of sp³-hybridized carbons (Fsp3) is 0.636. The summed E-state index contributed by atoms with van der Waals surface area (Å²) in [7, 11) is 0. The quantitative estimate of drug-likeness (QED) is 0.716. The molecule has 0 aromatic carbocycles. The maximum atomic E-state index is 5.46. The van der Waals surface area contributed by atoms with Gasteiger partial charge in [-0.15, -0.1) is 0 Å². The summed E-state index contributed by atoms with van der Waals surface area (Å²) in [6, 6.07) is 4.63. The third kappa shape index (κ3) is 1.51. The summed E-state index contributed by atoms with van der Waals surface area (Å²) < 4.78 is 5.46. The van der Waals surface area contributed by atoms with E-state index in [1.807, 2.05) is 6.07 Å². The molecule has 2 unspecified atom stereocenters. The molecule has 1 aliphatic rings. The highest BCUT2D eigenvalue weighted by Crippen LogP contribution is 2.38. The lowest BCUT2D eigenvalue weighted by Gasteiger charge is -2.25. The van der Waals surface area contributed by atoms with E-state index < -0.39 is 0 Å². The normalized spacial score (nSPS) is 32.2. The van der Waals surface area contributed by atoms with Crippen LogP contribution >= 0.6 is 0 Å². The van der Waals surface area contributed by atoms with Crippen molar-refractivity contribution in [2.75, 3.05) is 0 Å². The van der Waals surface area contributed by atoms with Gasteiger partial charge in [0, 0.05) is 17.5 Å². The topological polar surface area (TPSA) is 25.2 Å². The Hall–Kier alpha value is -0.760. The Labute approximate surface area is 79.3 Å². The molecule has 0 radical (unpaired) electrons. The fourth-order valence-corrected chi connectivity index (χ4v) is 2.40. The summed E-state index contributed by atoms with van der Waals surface area (Å²) in [4.78, 5) is 0. The molecule has 2 heteroatoms. The average molecular weight is 179 g/mol. The minimum absolute atomic E-state index is 0.164. The number of rotatable bonds is 1. The molecule has 0 saturated carbocycles. The molecule has 1 saturated heterocycles. The van der Waals surface area contributed by atoms with E-state index in [4.69, 9.17) is 4.42 Å². The van der Waals surface area contributed by atoms with Gasteiger partial charge >= 0.3 is 0 Å². The van der Waals surface area contributed by atoms with E-state index in [1.54, 1.807) is 6.26 Å². The second kappa shape index (κ2) is 2.88. The Morgan fingerprint density at radius 1 is 1.54 bits per heavy atom. The Kier molecular flexibility index (Phi) is 1.95. The molecular formula is C11H17NO. The van der Waals surface area contributed by atoms with Gasteiger partial charge in [0.25, 0.3) is 0 Å². The molecule has 1 aliphatic heterocycles. The molecule has 2 heterocycles. The molecular weight excluding hydrogens is 162 g/mol. The smallest absolute Gasteiger partial charge is 0.108 e. The first-order valence-corrected chi connectivity index (χ1v) is 4.91. The van der Waals surface area contributed by atoms with E-state index in [2.05, 4.69) is 32.2 Å². The molecule has 1 aromatic rings. The van der Waals surface area contributed by atoms with E-state index >= 15 is 0 Å². The van der Waals surface area contributed by atoms with Gasteiger partial charge in [-0.3, -0.25) is 0 Å². The summed E-state index contributed by atoms with van der Waals surface area (Å²) in [5.74, 6) is 1.62. The highest BCUT2D eigenvalue weighted by Gasteiger charge is 2.40. The van der Waals surface area contributed by atoms with E-state index in [0.29, 0.717) is 12.0 Å². The van der Waals surface area contributed by atoms with Crippen LogP contribution in [0, 0.1) is 0 Å².